The minimum Gasteiger partial charge on any atom is -0.452 e. The van der Waals surface area contributed by atoms with Crippen molar-refractivity contribution >= 4 is 63.7 Å². The summed E-state index contributed by atoms with van der Waals surface area (Å²) in [4.78, 5) is 23.4. The lowest BCUT2D eigenvalue weighted by molar-refractivity contribution is -0.119. The molecule has 0 bridgehead atoms. The van der Waals surface area contributed by atoms with Crippen LogP contribution in [-0.2, 0) is 9.53 Å². The van der Waals surface area contributed by atoms with E-state index >= 15 is 0 Å². The molecule has 0 aliphatic heterocycles. The van der Waals surface area contributed by atoms with E-state index in [4.69, 9.17) is 39.5 Å². The predicted molar refractivity (Wildman–Crippen MR) is 84.7 cm³/mol. The summed E-state index contributed by atoms with van der Waals surface area (Å²) < 4.78 is 18.7. The Morgan fingerprint density at radius 1 is 1.23 bits per heavy atom. The summed E-state index contributed by atoms with van der Waals surface area (Å²) >= 11 is 18.2. The molecule has 0 aliphatic carbocycles. The summed E-state index contributed by atoms with van der Waals surface area (Å²) in [5.74, 6) is -2.17. The molecule has 0 radical (unpaired) electrons. The fraction of sp³-hybridized carbons (Fsp3) is 0.0769. The molecule has 0 unspecified atom stereocenters. The second-order valence-electron chi connectivity index (χ2n) is 3.99. The van der Waals surface area contributed by atoms with Crippen LogP contribution in [0.15, 0.2) is 24.3 Å². The molecular weight excluding hydrogens is 376 g/mol. The summed E-state index contributed by atoms with van der Waals surface area (Å²) in [6, 6.07) is 5.03. The van der Waals surface area contributed by atoms with Gasteiger partial charge in [0.1, 0.15) is 10.2 Å². The van der Waals surface area contributed by atoms with Crippen LogP contribution < -0.4 is 5.32 Å². The van der Waals surface area contributed by atoms with Crippen LogP contribution >= 0.6 is 46.1 Å². The largest absolute Gasteiger partial charge is 0.452 e. The first-order chi connectivity index (χ1) is 10.4. The van der Waals surface area contributed by atoms with Crippen molar-refractivity contribution in [3.05, 3.63) is 49.3 Å². The van der Waals surface area contributed by atoms with Crippen molar-refractivity contribution in [1.29, 1.82) is 0 Å². The van der Waals surface area contributed by atoms with Crippen molar-refractivity contribution in [3.63, 3.8) is 0 Å². The van der Waals surface area contributed by atoms with E-state index in [1.807, 2.05) is 0 Å². The van der Waals surface area contributed by atoms with Gasteiger partial charge in [0, 0.05) is 5.02 Å². The molecule has 2 rings (SSSR count). The zero-order valence-corrected chi connectivity index (χ0v) is 13.7. The van der Waals surface area contributed by atoms with Gasteiger partial charge < -0.3 is 10.1 Å². The van der Waals surface area contributed by atoms with Crippen LogP contribution in [0.5, 0.6) is 0 Å². The molecule has 1 N–H and O–H groups in total. The third kappa shape index (κ3) is 4.33. The third-order valence-corrected chi connectivity index (χ3v) is 4.14. The van der Waals surface area contributed by atoms with E-state index in [2.05, 4.69) is 5.32 Å². The number of carbonyl (C=O) groups is 2. The first kappa shape index (κ1) is 17.0. The number of halogens is 4. The maximum absolute atomic E-state index is 13.4. The average Bonchev–Trinajstić information content (AvgIpc) is 2.79. The molecule has 0 fully saturated rings. The number of hydrogen-bond acceptors (Lipinski definition) is 4. The molecular formula is C13H7Cl3FNO3S. The fourth-order valence-electron chi connectivity index (χ4n) is 1.47. The molecule has 0 aliphatic rings. The molecule has 0 saturated carbocycles. The number of ether oxygens (including phenoxy) is 1. The van der Waals surface area contributed by atoms with Gasteiger partial charge in [-0.1, -0.05) is 34.8 Å². The molecule has 0 atom stereocenters. The SMILES string of the molecule is O=C(COC(=O)c1cc(Cl)sc1Cl)Nc1cc(Cl)ccc1F. The van der Waals surface area contributed by atoms with Crippen LogP contribution in [0, 0.1) is 5.82 Å². The number of rotatable bonds is 4. The lowest BCUT2D eigenvalue weighted by atomic mass is 10.3. The lowest BCUT2D eigenvalue weighted by Crippen LogP contribution is -2.21. The van der Waals surface area contributed by atoms with Gasteiger partial charge in [-0.15, -0.1) is 11.3 Å². The summed E-state index contributed by atoms with van der Waals surface area (Å²) in [6.45, 7) is -0.603. The second kappa shape index (κ2) is 7.28. The van der Waals surface area contributed by atoms with Crippen LogP contribution in [0.4, 0.5) is 10.1 Å². The predicted octanol–water partition coefficient (Wildman–Crippen LogP) is 4.64. The van der Waals surface area contributed by atoms with Gasteiger partial charge >= 0.3 is 5.97 Å². The molecule has 1 amide bonds. The van der Waals surface area contributed by atoms with Crippen molar-refractivity contribution in [3.8, 4) is 0 Å². The van der Waals surface area contributed by atoms with Crippen molar-refractivity contribution < 1.29 is 18.7 Å². The maximum Gasteiger partial charge on any atom is 0.341 e. The molecule has 0 spiro atoms. The van der Waals surface area contributed by atoms with Gasteiger partial charge in [-0.05, 0) is 24.3 Å². The van der Waals surface area contributed by atoms with Crippen molar-refractivity contribution in [2.75, 3.05) is 11.9 Å². The summed E-state index contributed by atoms with van der Waals surface area (Å²) in [6.07, 6.45) is 0. The van der Waals surface area contributed by atoms with Gasteiger partial charge in [0.05, 0.1) is 15.6 Å². The van der Waals surface area contributed by atoms with Gasteiger partial charge in [-0.25, -0.2) is 9.18 Å². The minimum absolute atomic E-state index is 0.0680. The Morgan fingerprint density at radius 2 is 1.95 bits per heavy atom. The molecule has 1 aromatic heterocycles. The number of carbonyl (C=O) groups excluding carboxylic acids is 2. The Balaban J connectivity index is 1.94. The number of benzene rings is 1. The number of amides is 1. The molecule has 0 saturated heterocycles. The van der Waals surface area contributed by atoms with Gasteiger partial charge in [0.2, 0.25) is 0 Å². The molecule has 1 aromatic carbocycles. The quantitative estimate of drug-likeness (QED) is 0.784. The normalized spacial score (nSPS) is 10.4. The van der Waals surface area contributed by atoms with Gasteiger partial charge in [-0.2, -0.15) is 0 Å². The number of hydrogen-bond donors (Lipinski definition) is 1. The van der Waals surface area contributed by atoms with Gasteiger partial charge in [-0.3, -0.25) is 4.79 Å². The van der Waals surface area contributed by atoms with E-state index in [-0.39, 0.29) is 20.6 Å². The van der Waals surface area contributed by atoms with Crippen molar-refractivity contribution in [2.45, 2.75) is 0 Å². The van der Waals surface area contributed by atoms with Crippen LogP contribution in [-0.4, -0.2) is 18.5 Å². The van der Waals surface area contributed by atoms with Crippen LogP contribution in [0.3, 0.4) is 0 Å². The highest BCUT2D eigenvalue weighted by Gasteiger charge is 2.17. The lowest BCUT2D eigenvalue weighted by Gasteiger charge is -2.07. The number of esters is 1. The highest BCUT2D eigenvalue weighted by atomic mass is 35.5. The van der Waals surface area contributed by atoms with Gasteiger partial charge in [0.15, 0.2) is 6.61 Å². The second-order valence-corrected chi connectivity index (χ2v) is 6.71. The molecule has 9 heteroatoms. The van der Waals surface area contributed by atoms with E-state index in [0.29, 0.717) is 4.34 Å². The highest BCUT2D eigenvalue weighted by molar-refractivity contribution is 7.20. The van der Waals surface area contributed by atoms with Crippen molar-refractivity contribution in [1.82, 2.24) is 0 Å². The topological polar surface area (TPSA) is 55.4 Å². The molecule has 1 heterocycles. The highest BCUT2D eigenvalue weighted by Crippen LogP contribution is 2.31. The maximum atomic E-state index is 13.4. The van der Waals surface area contributed by atoms with E-state index in [1.165, 1.54) is 18.2 Å². The zero-order chi connectivity index (χ0) is 16.3. The van der Waals surface area contributed by atoms with E-state index in [1.54, 1.807) is 0 Å². The summed E-state index contributed by atoms with van der Waals surface area (Å²) in [5, 5.41) is 2.50. The smallest absolute Gasteiger partial charge is 0.341 e. The molecule has 4 nitrogen and oxygen atoms in total. The van der Waals surface area contributed by atoms with Gasteiger partial charge in [0.25, 0.3) is 5.91 Å². The first-order valence-electron chi connectivity index (χ1n) is 5.73. The average molecular weight is 383 g/mol. The zero-order valence-electron chi connectivity index (χ0n) is 10.7. The summed E-state index contributed by atoms with van der Waals surface area (Å²) in [5.41, 5.74) is -0.0384. The van der Waals surface area contributed by atoms with Crippen molar-refractivity contribution in [2.24, 2.45) is 0 Å². The number of anilines is 1. The van der Waals surface area contributed by atoms with E-state index in [0.717, 1.165) is 17.4 Å². The Labute approximate surface area is 143 Å². The Kier molecular flexibility index (Phi) is 5.63. The fourth-order valence-corrected chi connectivity index (χ4v) is 3.08. The molecule has 116 valence electrons. The van der Waals surface area contributed by atoms with E-state index in [9.17, 15) is 14.0 Å². The van der Waals surface area contributed by atoms with Crippen LogP contribution in [0.1, 0.15) is 10.4 Å². The monoisotopic (exact) mass is 381 g/mol. The third-order valence-electron chi connectivity index (χ3n) is 2.41. The molecule has 2 aromatic rings. The Bertz CT molecular complexity index is 735. The Morgan fingerprint density at radius 3 is 2.59 bits per heavy atom. The van der Waals surface area contributed by atoms with Crippen LogP contribution in [0.2, 0.25) is 13.7 Å². The number of nitrogens with one attached hydrogen (secondary N) is 1. The minimum atomic E-state index is -0.796. The summed E-state index contributed by atoms with van der Waals surface area (Å²) in [7, 11) is 0. The van der Waals surface area contributed by atoms with E-state index < -0.39 is 24.3 Å². The Hall–Kier alpha value is -1.34. The van der Waals surface area contributed by atoms with Crippen LogP contribution in [0.25, 0.3) is 0 Å². The first-order valence-corrected chi connectivity index (χ1v) is 7.68. The number of thiophene rings is 1. The standard InChI is InChI=1S/C13H7Cl3FNO3S/c14-6-1-2-8(17)9(3-6)18-11(19)5-21-13(20)7-4-10(15)22-12(7)16/h1-4H,5H2,(H,18,19). The molecule has 22 heavy (non-hydrogen) atoms.